The lowest BCUT2D eigenvalue weighted by atomic mass is 10.1. The first-order chi connectivity index (χ1) is 12.7. The number of para-hydroxylation sites is 1. The van der Waals surface area contributed by atoms with Gasteiger partial charge in [0.15, 0.2) is 10.8 Å². The average Bonchev–Trinajstić information content (AvgIpc) is 3.13. The Balaban J connectivity index is 1.35. The van der Waals surface area contributed by atoms with Crippen LogP contribution in [0.4, 0.5) is 0 Å². The van der Waals surface area contributed by atoms with Crippen molar-refractivity contribution < 1.29 is 14.3 Å². The normalized spacial score (nSPS) is 15.2. The molecule has 134 valence electrons. The van der Waals surface area contributed by atoms with Crippen molar-refractivity contribution in [1.82, 2.24) is 19.9 Å². The maximum absolute atomic E-state index is 12.7. The fraction of sp³-hybridized carbons (Fsp3) is 0.333. The van der Waals surface area contributed by atoms with Gasteiger partial charge in [0.05, 0.1) is 29.7 Å². The van der Waals surface area contributed by atoms with E-state index in [9.17, 15) is 4.79 Å². The zero-order chi connectivity index (χ0) is 17.9. The highest BCUT2D eigenvalue weighted by molar-refractivity contribution is 7.20. The van der Waals surface area contributed by atoms with Crippen molar-refractivity contribution in [3.63, 3.8) is 0 Å². The van der Waals surface area contributed by atoms with Crippen LogP contribution in [-0.2, 0) is 0 Å². The highest BCUT2D eigenvalue weighted by Gasteiger charge is 2.27. The number of piperidine rings is 1. The number of fused-ring (bicyclic) bond motifs is 1. The van der Waals surface area contributed by atoms with Crippen LogP contribution in [0.2, 0.25) is 0 Å². The SMILES string of the molecule is COc1cnc(OC2CCN(C(=O)c3nc4ccccc4s3)CC2)nc1. The zero-order valence-corrected chi connectivity index (χ0v) is 15.1. The maximum atomic E-state index is 12.7. The number of rotatable bonds is 4. The van der Waals surface area contributed by atoms with Crippen LogP contribution < -0.4 is 9.47 Å². The minimum Gasteiger partial charge on any atom is -0.494 e. The van der Waals surface area contributed by atoms with Crippen molar-refractivity contribution >= 4 is 27.5 Å². The number of hydrogen-bond donors (Lipinski definition) is 0. The van der Waals surface area contributed by atoms with E-state index in [-0.39, 0.29) is 12.0 Å². The first-order valence-corrected chi connectivity index (χ1v) is 9.22. The maximum Gasteiger partial charge on any atom is 0.316 e. The molecule has 0 N–H and O–H groups in total. The first-order valence-electron chi connectivity index (χ1n) is 8.40. The first kappa shape index (κ1) is 16.7. The molecule has 0 atom stereocenters. The van der Waals surface area contributed by atoms with Gasteiger partial charge < -0.3 is 14.4 Å². The lowest BCUT2D eigenvalue weighted by Crippen LogP contribution is -2.41. The number of likely N-dealkylation sites (tertiary alicyclic amines) is 1. The summed E-state index contributed by atoms with van der Waals surface area (Å²) in [4.78, 5) is 27.2. The molecule has 2 aromatic heterocycles. The van der Waals surface area contributed by atoms with Gasteiger partial charge in [0.25, 0.3) is 5.91 Å². The lowest BCUT2D eigenvalue weighted by Gasteiger charge is -2.31. The minimum atomic E-state index is -0.00894. The summed E-state index contributed by atoms with van der Waals surface area (Å²) in [7, 11) is 1.57. The smallest absolute Gasteiger partial charge is 0.316 e. The Hall–Kier alpha value is -2.74. The van der Waals surface area contributed by atoms with Crippen LogP contribution in [0.3, 0.4) is 0 Å². The van der Waals surface area contributed by atoms with Gasteiger partial charge in [0.2, 0.25) is 0 Å². The Bertz CT molecular complexity index is 871. The Morgan fingerprint density at radius 3 is 2.62 bits per heavy atom. The number of ether oxygens (including phenoxy) is 2. The van der Waals surface area contributed by atoms with Gasteiger partial charge >= 0.3 is 6.01 Å². The van der Waals surface area contributed by atoms with E-state index in [0.29, 0.717) is 29.9 Å². The van der Waals surface area contributed by atoms with Gasteiger partial charge in [-0.25, -0.2) is 4.98 Å². The molecular weight excluding hydrogens is 352 g/mol. The van der Waals surface area contributed by atoms with E-state index in [0.717, 1.165) is 23.1 Å². The number of benzene rings is 1. The molecule has 0 radical (unpaired) electrons. The number of thiazole rings is 1. The minimum absolute atomic E-state index is 0.00260. The van der Waals surface area contributed by atoms with Crippen molar-refractivity contribution in [2.24, 2.45) is 0 Å². The lowest BCUT2D eigenvalue weighted by molar-refractivity contribution is 0.0578. The summed E-state index contributed by atoms with van der Waals surface area (Å²) in [5, 5.41) is 0.545. The van der Waals surface area contributed by atoms with Crippen LogP contribution in [0, 0.1) is 0 Å². The van der Waals surface area contributed by atoms with Gasteiger partial charge in [-0.05, 0) is 12.1 Å². The molecule has 0 bridgehead atoms. The monoisotopic (exact) mass is 370 g/mol. The highest BCUT2D eigenvalue weighted by atomic mass is 32.1. The second-order valence-corrected chi connectivity index (χ2v) is 7.03. The molecule has 0 aliphatic carbocycles. The van der Waals surface area contributed by atoms with E-state index in [1.54, 1.807) is 19.5 Å². The molecule has 0 saturated carbocycles. The summed E-state index contributed by atoms with van der Waals surface area (Å²) in [6.45, 7) is 1.27. The molecule has 3 heterocycles. The molecular formula is C18H18N4O3S. The molecule has 26 heavy (non-hydrogen) atoms. The largest absolute Gasteiger partial charge is 0.494 e. The molecule has 7 nitrogen and oxygen atoms in total. The zero-order valence-electron chi connectivity index (χ0n) is 14.3. The van der Waals surface area contributed by atoms with E-state index in [1.165, 1.54) is 11.3 Å². The van der Waals surface area contributed by atoms with Gasteiger partial charge in [0.1, 0.15) is 6.10 Å². The Morgan fingerprint density at radius 1 is 1.19 bits per heavy atom. The molecule has 0 spiro atoms. The summed E-state index contributed by atoms with van der Waals surface area (Å²) in [6, 6.07) is 8.14. The van der Waals surface area contributed by atoms with Gasteiger partial charge in [-0.1, -0.05) is 12.1 Å². The molecule has 1 aliphatic rings. The molecule has 0 unspecified atom stereocenters. The fourth-order valence-electron chi connectivity index (χ4n) is 2.90. The highest BCUT2D eigenvalue weighted by Crippen LogP contribution is 2.24. The molecule has 1 saturated heterocycles. The second-order valence-electron chi connectivity index (χ2n) is 6.00. The van der Waals surface area contributed by atoms with Crippen molar-refractivity contribution in [3.8, 4) is 11.8 Å². The second kappa shape index (κ2) is 7.25. The van der Waals surface area contributed by atoms with Gasteiger partial charge in [-0.3, -0.25) is 4.79 Å². The number of hydrogen-bond acceptors (Lipinski definition) is 7. The van der Waals surface area contributed by atoms with Gasteiger partial charge in [0, 0.05) is 25.9 Å². The van der Waals surface area contributed by atoms with E-state index < -0.39 is 0 Å². The Morgan fingerprint density at radius 2 is 1.92 bits per heavy atom. The van der Waals surface area contributed by atoms with E-state index in [1.807, 2.05) is 29.2 Å². The summed E-state index contributed by atoms with van der Waals surface area (Å²) < 4.78 is 11.9. The van der Waals surface area contributed by atoms with Crippen LogP contribution >= 0.6 is 11.3 Å². The van der Waals surface area contributed by atoms with Crippen LogP contribution in [0.25, 0.3) is 10.2 Å². The van der Waals surface area contributed by atoms with E-state index in [4.69, 9.17) is 9.47 Å². The standard InChI is InChI=1S/C18H18N4O3S/c1-24-13-10-19-18(20-11-13)25-12-6-8-22(9-7-12)17(23)16-21-14-4-2-3-5-15(14)26-16/h2-5,10-12H,6-9H2,1H3. The van der Waals surface area contributed by atoms with Crippen LogP contribution in [0.1, 0.15) is 22.6 Å². The average molecular weight is 370 g/mol. The number of aromatic nitrogens is 3. The third-order valence-corrected chi connectivity index (χ3v) is 5.34. The summed E-state index contributed by atoms with van der Waals surface area (Å²) in [6.07, 6.45) is 4.64. The van der Waals surface area contributed by atoms with Crippen molar-refractivity contribution in [2.75, 3.05) is 20.2 Å². The number of carbonyl (C=O) groups is 1. The molecule has 4 rings (SSSR count). The molecule has 1 aliphatic heterocycles. The number of methoxy groups -OCH3 is 1. The Labute approximate surface area is 154 Å². The van der Waals surface area contributed by atoms with E-state index >= 15 is 0 Å². The molecule has 8 heteroatoms. The predicted molar refractivity (Wildman–Crippen MR) is 97.8 cm³/mol. The summed E-state index contributed by atoms with van der Waals surface area (Å²) in [5.74, 6) is 0.582. The van der Waals surface area contributed by atoms with Gasteiger partial charge in [-0.2, -0.15) is 9.97 Å². The fourth-order valence-corrected chi connectivity index (χ4v) is 3.83. The van der Waals surface area contributed by atoms with Crippen LogP contribution in [-0.4, -0.2) is 52.1 Å². The topological polar surface area (TPSA) is 77.4 Å². The third kappa shape index (κ3) is 3.45. The van der Waals surface area contributed by atoms with Gasteiger partial charge in [-0.15, -0.1) is 11.3 Å². The Kier molecular flexibility index (Phi) is 4.66. The third-order valence-electron chi connectivity index (χ3n) is 4.32. The number of amides is 1. The summed E-state index contributed by atoms with van der Waals surface area (Å²) in [5.41, 5.74) is 0.871. The molecule has 1 amide bonds. The van der Waals surface area contributed by atoms with Crippen LogP contribution in [0.5, 0.6) is 11.8 Å². The van der Waals surface area contributed by atoms with Crippen molar-refractivity contribution in [3.05, 3.63) is 41.7 Å². The van der Waals surface area contributed by atoms with E-state index in [2.05, 4.69) is 15.0 Å². The molecule has 1 fully saturated rings. The predicted octanol–water partition coefficient (Wildman–Crippen LogP) is 2.78. The van der Waals surface area contributed by atoms with Crippen LogP contribution in [0.15, 0.2) is 36.7 Å². The van der Waals surface area contributed by atoms with Crippen molar-refractivity contribution in [2.45, 2.75) is 18.9 Å². The molecule has 1 aromatic carbocycles. The molecule has 3 aromatic rings. The quantitative estimate of drug-likeness (QED) is 0.703. The number of nitrogens with zero attached hydrogens (tertiary/aromatic N) is 4. The van der Waals surface area contributed by atoms with Crippen molar-refractivity contribution in [1.29, 1.82) is 0 Å². The summed E-state index contributed by atoms with van der Waals surface area (Å²) >= 11 is 1.44. The number of carbonyl (C=O) groups excluding carboxylic acids is 1.